The van der Waals surface area contributed by atoms with Crippen LogP contribution in [0.4, 0.5) is 0 Å². The van der Waals surface area contributed by atoms with E-state index in [0.29, 0.717) is 6.54 Å². The van der Waals surface area contributed by atoms with Crippen LogP contribution in [-0.2, 0) is 15.7 Å². The zero-order valence-electron chi connectivity index (χ0n) is 11.4. The fourth-order valence-corrected chi connectivity index (χ4v) is 2.37. The van der Waals surface area contributed by atoms with Gasteiger partial charge in [-0.3, -0.25) is 4.79 Å². The highest BCUT2D eigenvalue weighted by atomic mass is 16.2. The van der Waals surface area contributed by atoms with E-state index in [4.69, 9.17) is 5.73 Å². The van der Waals surface area contributed by atoms with Gasteiger partial charge in [0.2, 0.25) is 5.91 Å². The summed E-state index contributed by atoms with van der Waals surface area (Å²) in [7, 11) is 0. The highest BCUT2D eigenvalue weighted by molar-refractivity contribution is 5.87. The molecule has 2 rings (SSSR count). The second-order valence-electron chi connectivity index (χ2n) is 5.69. The molecule has 0 bridgehead atoms. The van der Waals surface area contributed by atoms with Gasteiger partial charge in [0.15, 0.2) is 0 Å². The van der Waals surface area contributed by atoms with Crippen molar-refractivity contribution in [2.75, 3.05) is 6.54 Å². The molecule has 1 amide bonds. The van der Waals surface area contributed by atoms with Crippen molar-refractivity contribution in [3.63, 3.8) is 0 Å². The maximum absolute atomic E-state index is 12.2. The average Bonchev–Trinajstić information content (AvgIpc) is 3.09. The van der Waals surface area contributed by atoms with Crippen molar-refractivity contribution in [3.05, 3.63) is 35.4 Å². The van der Waals surface area contributed by atoms with Crippen molar-refractivity contribution in [1.29, 1.82) is 0 Å². The van der Waals surface area contributed by atoms with E-state index in [0.717, 1.165) is 24.0 Å². The van der Waals surface area contributed by atoms with Gasteiger partial charge in [0.1, 0.15) is 0 Å². The number of hydrogen-bond acceptors (Lipinski definition) is 2. The molecular formula is C15H22N2O. The van der Waals surface area contributed by atoms with E-state index in [1.165, 1.54) is 0 Å². The Bertz CT molecular complexity index is 461. The summed E-state index contributed by atoms with van der Waals surface area (Å²) in [6, 6.07) is 8.06. The molecule has 0 spiro atoms. The van der Waals surface area contributed by atoms with Crippen LogP contribution in [0.25, 0.3) is 0 Å². The van der Waals surface area contributed by atoms with Gasteiger partial charge in [0, 0.05) is 12.1 Å². The average molecular weight is 246 g/mol. The van der Waals surface area contributed by atoms with Crippen LogP contribution in [0, 0.1) is 0 Å². The predicted octanol–water partition coefficient (Wildman–Crippen LogP) is 2.05. The molecule has 1 aliphatic rings. The van der Waals surface area contributed by atoms with Gasteiger partial charge < -0.3 is 11.1 Å². The zero-order chi connectivity index (χ0) is 13.4. The molecule has 3 nitrogen and oxygen atoms in total. The van der Waals surface area contributed by atoms with Gasteiger partial charge in [0.25, 0.3) is 0 Å². The second-order valence-corrected chi connectivity index (χ2v) is 5.69. The number of hydrogen-bond donors (Lipinski definition) is 2. The molecule has 0 unspecified atom stereocenters. The van der Waals surface area contributed by atoms with Crippen molar-refractivity contribution < 1.29 is 4.79 Å². The molecule has 0 aromatic heterocycles. The highest BCUT2D eigenvalue weighted by Gasteiger charge is 2.44. The molecule has 1 aliphatic carbocycles. The van der Waals surface area contributed by atoms with Crippen LogP contribution in [0.3, 0.4) is 0 Å². The number of carbonyl (C=O) groups is 1. The van der Waals surface area contributed by atoms with E-state index in [1.54, 1.807) is 0 Å². The van der Waals surface area contributed by atoms with E-state index < -0.39 is 5.41 Å². The van der Waals surface area contributed by atoms with Gasteiger partial charge >= 0.3 is 0 Å². The monoisotopic (exact) mass is 246 g/mol. The Morgan fingerprint density at radius 3 is 2.56 bits per heavy atom. The first-order valence-electron chi connectivity index (χ1n) is 6.59. The van der Waals surface area contributed by atoms with Crippen molar-refractivity contribution in [3.8, 4) is 0 Å². The van der Waals surface area contributed by atoms with Gasteiger partial charge in [-0.25, -0.2) is 0 Å². The topological polar surface area (TPSA) is 55.1 Å². The van der Waals surface area contributed by atoms with Crippen LogP contribution in [0.5, 0.6) is 0 Å². The molecule has 18 heavy (non-hydrogen) atoms. The van der Waals surface area contributed by atoms with Gasteiger partial charge in [-0.05, 0) is 44.7 Å². The first-order valence-corrected chi connectivity index (χ1v) is 6.59. The lowest BCUT2D eigenvalue weighted by Crippen LogP contribution is -2.41. The minimum atomic E-state index is -0.540. The summed E-state index contributed by atoms with van der Waals surface area (Å²) in [4.78, 5) is 12.2. The van der Waals surface area contributed by atoms with E-state index in [-0.39, 0.29) is 11.4 Å². The van der Waals surface area contributed by atoms with Crippen molar-refractivity contribution in [2.45, 2.75) is 44.6 Å². The molecule has 3 N–H and O–H groups in total. The predicted molar refractivity (Wildman–Crippen MR) is 73.3 cm³/mol. The lowest BCUT2D eigenvalue weighted by atomic mass is 9.78. The summed E-state index contributed by atoms with van der Waals surface area (Å²) in [5, 5.41) is 2.90. The summed E-state index contributed by atoms with van der Waals surface area (Å²) < 4.78 is 0. The SMILES string of the molecule is CCNC(=O)C(C)(C)c1ccccc1C1(N)CC1. The fourth-order valence-electron chi connectivity index (χ4n) is 2.37. The second kappa shape index (κ2) is 4.39. The molecule has 0 atom stereocenters. The van der Waals surface area contributed by atoms with E-state index in [2.05, 4.69) is 11.4 Å². The molecule has 0 heterocycles. The number of nitrogens with two attached hydrogens (primary N) is 1. The molecule has 1 aromatic carbocycles. The van der Waals surface area contributed by atoms with Gasteiger partial charge in [0.05, 0.1) is 5.41 Å². The number of nitrogens with one attached hydrogen (secondary N) is 1. The Morgan fingerprint density at radius 2 is 2.00 bits per heavy atom. The van der Waals surface area contributed by atoms with Crippen LogP contribution in [-0.4, -0.2) is 12.5 Å². The smallest absolute Gasteiger partial charge is 0.230 e. The first-order chi connectivity index (χ1) is 8.42. The summed E-state index contributed by atoms with van der Waals surface area (Å²) in [6.45, 7) is 6.51. The highest BCUT2D eigenvalue weighted by Crippen LogP contribution is 2.46. The molecule has 0 saturated heterocycles. The van der Waals surface area contributed by atoms with Crippen LogP contribution >= 0.6 is 0 Å². The Hall–Kier alpha value is -1.35. The molecule has 0 radical (unpaired) electrons. The molecule has 0 aliphatic heterocycles. The van der Waals surface area contributed by atoms with E-state index in [9.17, 15) is 4.79 Å². The Kier molecular flexibility index (Phi) is 3.20. The molecule has 98 valence electrons. The quantitative estimate of drug-likeness (QED) is 0.854. The van der Waals surface area contributed by atoms with E-state index >= 15 is 0 Å². The summed E-state index contributed by atoms with van der Waals surface area (Å²) in [6.07, 6.45) is 2.02. The number of carbonyl (C=O) groups excluding carboxylic acids is 1. The lowest BCUT2D eigenvalue weighted by Gasteiger charge is -2.28. The van der Waals surface area contributed by atoms with Crippen molar-refractivity contribution >= 4 is 5.91 Å². The minimum absolute atomic E-state index is 0.0571. The third-order valence-electron chi connectivity index (χ3n) is 3.83. The third-order valence-corrected chi connectivity index (χ3v) is 3.83. The number of likely N-dealkylation sites (N-methyl/N-ethyl adjacent to an activating group) is 1. The fraction of sp³-hybridized carbons (Fsp3) is 0.533. The zero-order valence-corrected chi connectivity index (χ0v) is 11.4. The number of rotatable bonds is 4. The number of amides is 1. The Balaban J connectivity index is 2.41. The van der Waals surface area contributed by atoms with Crippen LogP contribution < -0.4 is 11.1 Å². The third kappa shape index (κ3) is 2.15. The van der Waals surface area contributed by atoms with Crippen molar-refractivity contribution in [1.82, 2.24) is 5.32 Å². The van der Waals surface area contributed by atoms with E-state index in [1.807, 2.05) is 39.0 Å². The Morgan fingerprint density at radius 1 is 1.39 bits per heavy atom. The van der Waals surface area contributed by atoms with Gasteiger partial charge in [-0.1, -0.05) is 24.3 Å². The van der Waals surface area contributed by atoms with Gasteiger partial charge in [-0.15, -0.1) is 0 Å². The number of benzene rings is 1. The Labute approximate surface area is 109 Å². The molecule has 1 saturated carbocycles. The molecule has 1 fully saturated rings. The maximum atomic E-state index is 12.2. The van der Waals surface area contributed by atoms with Crippen LogP contribution in [0.2, 0.25) is 0 Å². The normalized spacial score (nSPS) is 17.3. The largest absolute Gasteiger partial charge is 0.356 e. The minimum Gasteiger partial charge on any atom is -0.356 e. The molecule has 1 aromatic rings. The molecule has 3 heteroatoms. The van der Waals surface area contributed by atoms with Gasteiger partial charge in [-0.2, -0.15) is 0 Å². The van der Waals surface area contributed by atoms with Crippen LogP contribution in [0.15, 0.2) is 24.3 Å². The lowest BCUT2D eigenvalue weighted by molar-refractivity contribution is -0.125. The molecular weight excluding hydrogens is 224 g/mol. The summed E-state index contributed by atoms with van der Waals surface area (Å²) in [5.74, 6) is 0.0571. The maximum Gasteiger partial charge on any atom is 0.230 e. The van der Waals surface area contributed by atoms with Crippen molar-refractivity contribution in [2.24, 2.45) is 5.73 Å². The summed E-state index contributed by atoms with van der Waals surface area (Å²) in [5.41, 5.74) is 7.74. The summed E-state index contributed by atoms with van der Waals surface area (Å²) >= 11 is 0. The standard InChI is InChI=1S/C15H22N2O/c1-4-17-13(18)14(2,3)11-7-5-6-8-12(11)15(16)9-10-15/h5-8H,4,9-10,16H2,1-3H3,(H,17,18). The first kappa shape index (κ1) is 13.1. The van der Waals surface area contributed by atoms with Crippen LogP contribution in [0.1, 0.15) is 44.7 Å².